The van der Waals surface area contributed by atoms with E-state index in [9.17, 15) is 8.42 Å². The summed E-state index contributed by atoms with van der Waals surface area (Å²) in [7, 11) is -3.58. The van der Waals surface area contributed by atoms with Gasteiger partial charge in [-0.05, 0) is 65.9 Å². The molecule has 0 aliphatic rings. The molecule has 1 N–H and O–H groups in total. The number of hydrogen-bond acceptors (Lipinski definition) is 3. The zero-order valence-electron chi connectivity index (χ0n) is 10.8. The second-order valence-corrected chi connectivity index (χ2v) is 6.83. The summed E-state index contributed by atoms with van der Waals surface area (Å²) in [6.07, 6.45) is 0. The van der Waals surface area contributed by atoms with Crippen LogP contribution in [-0.2, 0) is 10.0 Å². The fourth-order valence-corrected chi connectivity index (χ4v) is 3.41. The average molecular weight is 403 g/mol. The molecule has 0 saturated heterocycles. The second-order valence-electron chi connectivity index (χ2n) is 3.99. The van der Waals surface area contributed by atoms with Crippen molar-refractivity contribution in [2.75, 3.05) is 11.3 Å². The molecule has 0 aliphatic carbocycles. The van der Waals surface area contributed by atoms with E-state index in [1.807, 2.05) is 19.1 Å². The van der Waals surface area contributed by atoms with Crippen LogP contribution in [0.15, 0.2) is 53.4 Å². The van der Waals surface area contributed by atoms with E-state index in [0.717, 1.165) is 3.57 Å². The molecule has 0 radical (unpaired) electrons. The molecule has 0 atom stereocenters. The van der Waals surface area contributed by atoms with Crippen LogP contribution in [-0.4, -0.2) is 15.0 Å². The van der Waals surface area contributed by atoms with Gasteiger partial charge in [0.05, 0.1) is 17.2 Å². The maximum Gasteiger partial charge on any atom is 0.261 e. The topological polar surface area (TPSA) is 55.4 Å². The Morgan fingerprint density at radius 2 is 1.75 bits per heavy atom. The molecule has 0 fully saturated rings. The van der Waals surface area contributed by atoms with E-state index in [2.05, 4.69) is 27.3 Å². The quantitative estimate of drug-likeness (QED) is 0.778. The number of nitrogens with one attached hydrogen (secondary N) is 1. The number of para-hydroxylation sites is 1. The molecule has 0 bridgehead atoms. The average Bonchev–Trinajstić information content (AvgIpc) is 2.42. The van der Waals surface area contributed by atoms with Crippen molar-refractivity contribution in [3.8, 4) is 5.75 Å². The highest BCUT2D eigenvalue weighted by Gasteiger charge is 2.15. The molecule has 0 amide bonds. The lowest BCUT2D eigenvalue weighted by molar-refractivity contribution is 0.340. The Balaban J connectivity index is 2.24. The van der Waals surface area contributed by atoms with Crippen LogP contribution in [0.5, 0.6) is 5.75 Å². The summed E-state index contributed by atoms with van der Waals surface area (Å²) in [4.78, 5) is 0.209. The maximum absolute atomic E-state index is 12.3. The minimum atomic E-state index is -3.58. The Hall–Kier alpha value is -1.28. The van der Waals surface area contributed by atoms with Crippen molar-refractivity contribution < 1.29 is 13.2 Å². The van der Waals surface area contributed by atoms with Gasteiger partial charge in [0.2, 0.25) is 0 Å². The Labute approximate surface area is 132 Å². The number of anilines is 1. The largest absolute Gasteiger partial charge is 0.494 e. The van der Waals surface area contributed by atoms with Gasteiger partial charge in [-0.3, -0.25) is 4.72 Å². The highest BCUT2D eigenvalue weighted by Crippen LogP contribution is 2.22. The van der Waals surface area contributed by atoms with E-state index in [1.165, 1.54) is 12.1 Å². The summed E-state index contributed by atoms with van der Waals surface area (Å²) >= 11 is 2.09. The minimum Gasteiger partial charge on any atom is -0.494 e. The number of halogens is 1. The Morgan fingerprint density at radius 3 is 2.35 bits per heavy atom. The van der Waals surface area contributed by atoms with E-state index in [0.29, 0.717) is 18.0 Å². The van der Waals surface area contributed by atoms with Crippen molar-refractivity contribution in [2.45, 2.75) is 11.8 Å². The summed E-state index contributed by atoms with van der Waals surface area (Å²) in [5.41, 5.74) is 0.571. The first-order valence-corrected chi connectivity index (χ1v) is 8.59. The lowest BCUT2D eigenvalue weighted by Crippen LogP contribution is -2.13. The summed E-state index contributed by atoms with van der Waals surface area (Å²) in [6, 6.07) is 13.6. The van der Waals surface area contributed by atoms with Crippen molar-refractivity contribution in [1.29, 1.82) is 0 Å². The van der Waals surface area contributed by atoms with Gasteiger partial charge in [-0.2, -0.15) is 0 Å². The van der Waals surface area contributed by atoms with Crippen molar-refractivity contribution in [3.63, 3.8) is 0 Å². The zero-order valence-corrected chi connectivity index (χ0v) is 13.8. The van der Waals surface area contributed by atoms with Gasteiger partial charge in [-0.25, -0.2) is 8.42 Å². The third-order valence-electron chi connectivity index (χ3n) is 2.56. The molecular weight excluding hydrogens is 389 g/mol. The van der Waals surface area contributed by atoms with Crippen LogP contribution in [0.4, 0.5) is 5.69 Å². The van der Waals surface area contributed by atoms with Gasteiger partial charge in [-0.15, -0.1) is 0 Å². The molecule has 2 rings (SSSR count). The first kappa shape index (κ1) is 15.1. The summed E-state index contributed by atoms with van der Waals surface area (Å²) in [5.74, 6) is 0.653. The SMILES string of the molecule is CCOc1ccc(S(=O)(=O)Nc2ccccc2I)cc1. The van der Waals surface area contributed by atoms with Gasteiger partial charge in [-0.1, -0.05) is 12.1 Å². The molecule has 0 saturated carbocycles. The van der Waals surface area contributed by atoms with E-state index in [1.54, 1.807) is 24.3 Å². The smallest absolute Gasteiger partial charge is 0.261 e. The molecule has 2 aromatic rings. The fraction of sp³-hybridized carbons (Fsp3) is 0.143. The second kappa shape index (κ2) is 6.45. The number of hydrogen-bond donors (Lipinski definition) is 1. The maximum atomic E-state index is 12.3. The van der Waals surface area contributed by atoms with Crippen molar-refractivity contribution in [2.24, 2.45) is 0 Å². The lowest BCUT2D eigenvalue weighted by atomic mass is 10.3. The van der Waals surface area contributed by atoms with E-state index in [4.69, 9.17) is 4.74 Å². The Kier molecular flexibility index (Phi) is 4.87. The van der Waals surface area contributed by atoms with Gasteiger partial charge in [0.15, 0.2) is 0 Å². The first-order valence-electron chi connectivity index (χ1n) is 6.03. The van der Waals surface area contributed by atoms with Gasteiger partial charge in [0, 0.05) is 3.57 Å². The monoisotopic (exact) mass is 403 g/mol. The number of ether oxygens (including phenoxy) is 1. The molecule has 2 aromatic carbocycles. The number of sulfonamides is 1. The van der Waals surface area contributed by atoms with Crippen molar-refractivity contribution in [1.82, 2.24) is 0 Å². The van der Waals surface area contributed by atoms with Gasteiger partial charge >= 0.3 is 0 Å². The van der Waals surface area contributed by atoms with E-state index in [-0.39, 0.29) is 4.90 Å². The minimum absolute atomic E-state index is 0.209. The molecular formula is C14H14INO3S. The summed E-state index contributed by atoms with van der Waals surface area (Å²) in [6.45, 7) is 2.43. The van der Waals surface area contributed by atoms with Gasteiger partial charge in [0.1, 0.15) is 5.75 Å². The van der Waals surface area contributed by atoms with Crippen LogP contribution in [0.25, 0.3) is 0 Å². The summed E-state index contributed by atoms with van der Waals surface area (Å²) in [5, 5.41) is 0. The standard InChI is InChI=1S/C14H14INO3S/c1-2-19-11-7-9-12(10-8-11)20(17,18)16-14-6-4-3-5-13(14)15/h3-10,16H,2H2,1H3. The molecule has 106 valence electrons. The van der Waals surface area contributed by atoms with E-state index < -0.39 is 10.0 Å². The number of benzene rings is 2. The first-order chi connectivity index (χ1) is 9.53. The van der Waals surface area contributed by atoms with Crippen LogP contribution in [0.1, 0.15) is 6.92 Å². The van der Waals surface area contributed by atoms with Crippen LogP contribution in [0.3, 0.4) is 0 Å². The van der Waals surface area contributed by atoms with Gasteiger partial charge < -0.3 is 4.74 Å². The molecule has 0 aromatic heterocycles. The molecule has 20 heavy (non-hydrogen) atoms. The van der Waals surface area contributed by atoms with Crippen LogP contribution >= 0.6 is 22.6 Å². The zero-order chi connectivity index (χ0) is 14.6. The molecule has 0 heterocycles. The molecule has 4 nitrogen and oxygen atoms in total. The summed E-state index contributed by atoms with van der Waals surface area (Å²) < 4.78 is 33.3. The predicted octanol–water partition coefficient (Wildman–Crippen LogP) is 3.49. The predicted molar refractivity (Wildman–Crippen MR) is 87.6 cm³/mol. The third-order valence-corrected chi connectivity index (χ3v) is 4.89. The van der Waals surface area contributed by atoms with Crippen molar-refractivity contribution in [3.05, 3.63) is 52.1 Å². The third kappa shape index (κ3) is 3.63. The van der Waals surface area contributed by atoms with Crippen molar-refractivity contribution >= 4 is 38.3 Å². The molecule has 6 heteroatoms. The Morgan fingerprint density at radius 1 is 1.10 bits per heavy atom. The molecule has 0 spiro atoms. The fourth-order valence-electron chi connectivity index (χ4n) is 1.63. The van der Waals surface area contributed by atoms with Crippen LogP contribution < -0.4 is 9.46 Å². The van der Waals surface area contributed by atoms with Crippen LogP contribution in [0.2, 0.25) is 0 Å². The highest BCUT2D eigenvalue weighted by atomic mass is 127. The highest BCUT2D eigenvalue weighted by molar-refractivity contribution is 14.1. The van der Waals surface area contributed by atoms with E-state index >= 15 is 0 Å². The lowest BCUT2D eigenvalue weighted by Gasteiger charge is -2.10. The number of rotatable bonds is 5. The Bertz CT molecular complexity index is 684. The molecule has 0 aliphatic heterocycles. The van der Waals surface area contributed by atoms with Gasteiger partial charge in [0.25, 0.3) is 10.0 Å². The molecule has 0 unspecified atom stereocenters. The normalized spacial score (nSPS) is 11.1. The van der Waals surface area contributed by atoms with Crippen LogP contribution in [0, 0.1) is 3.57 Å².